The normalized spacial score (nSPS) is 12.5. The van der Waals surface area contributed by atoms with E-state index in [9.17, 15) is 4.39 Å². The molecule has 70 valence electrons. The van der Waals surface area contributed by atoms with E-state index in [0.29, 0.717) is 0 Å². The summed E-state index contributed by atoms with van der Waals surface area (Å²) in [5.41, 5.74) is 1.87. The summed E-state index contributed by atoms with van der Waals surface area (Å²) in [7, 11) is 0. The van der Waals surface area contributed by atoms with Crippen molar-refractivity contribution in [3.63, 3.8) is 0 Å². The molecule has 1 atom stereocenters. The van der Waals surface area contributed by atoms with Crippen LogP contribution in [0.25, 0.3) is 0 Å². The molecule has 1 heteroatoms. The van der Waals surface area contributed by atoms with Gasteiger partial charge >= 0.3 is 0 Å². The van der Waals surface area contributed by atoms with E-state index in [1.54, 1.807) is 6.07 Å². The van der Waals surface area contributed by atoms with Gasteiger partial charge in [-0.15, -0.1) is 6.58 Å². The Labute approximate surface area is 79.1 Å². The highest BCUT2D eigenvalue weighted by molar-refractivity contribution is 5.33. The molecule has 0 bridgehead atoms. The minimum atomic E-state index is -0.103. The average Bonchev–Trinajstić information content (AvgIpc) is 2.16. The van der Waals surface area contributed by atoms with Gasteiger partial charge in [0.2, 0.25) is 0 Å². The summed E-state index contributed by atoms with van der Waals surface area (Å²) in [5, 5.41) is 0. The van der Waals surface area contributed by atoms with Crippen molar-refractivity contribution >= 4 is 0 Å². The molecule has 0 saturated heterocycles. The molecular formula is C12H15F. The Balaban J connectivity index is 3.19. The van der Waals surface area contributed by atoms with Crippen molar-refractivity contribution < 1.29 is 4.39 Å². The number of hydrogen-bond acceptors (Lipinski definition) is 0. The zero-order valence-corrected chi connectivity index (χ0v) is 8.18. The first kappa shape index (κ1) is 9.97. The number of rotatable bonds is 3. The Morgan fingerprint density at radius 3 is 2.77 bits per heavy atom. The van der Waals surface area contributed by atoms with Gasteiger partial charge in [-0.3, -0.25) is 0 Å². The van der Waals surface area contributed by atoms with Crippen LogP contribution in [0, 0.1) is 5.82 Å². The Morgan fingerprint density at radius 1 is 1.54 bits per heavy atom. The summed E-state index contributed by atoms with van der Waals surface area (Å²) in [6.07, 6.45) is 2.58. The monoisotopic (exact) mass is 178 g/mol. The molecule has 0 heterocycles. The highest BCUT2D eigenvalue weighted by Gasteiger charge is 2.09. The zero-order valence-electron chi connectivity index (χ0n) is 8.18. The first-order chi connectivity index (χ1) is 6.20. The van der Waals surface area contributed by atoms with E-state index in [4.69, 9.17) is 0 Å². The van der Waals surface area contributed by atoms with Crippen LogP contribution in [0.2, 0.25) is 0 Å². The summed E-state index contributed by atoms with van der Waals surface area (Å²) < 4.78 is 13.3. The minimum Gasteiger partial charge on any atom is -0.207 e. The van der Waals surface area contributed by atoms with Gasteiger partial charge in [0.25, 0.3) is 0 Å². The van der Waals surface area contributed by atoms with Crippen molar-refractivity contribution in [1.29, 1.82) is 0 Å². The molecule has 0 N–H and O–H groups in total. The third kappa shape index (κ3) is 1.97. The molecule has 0 spiro atoms. The van der Waals surface area contributed by atoms with Crippen molar-refractivity contribution in [1.82, 2.24) is 0 Å². The first-order valence-electron chi connectivity index (χ1n) is 4.60. The molecule has 13 heavy (non-hydrogen) atoms. The summed E-state index contributed by atoms with van der Waals surface area (Å²) in [4.78, 5) is 0. The van der Waals surface area contributed by atoms with Crippen LogP contribution in [0.15, 0.2) is 30.9 Å². The van der Waals surface area contributed by atoms with Crippen LogP contribution in [0.1, 0.15) is 30.9 Å². The highest BCUT2D eigenvalue weighted by Crippen LogP contribution is 2.23. The lowest BCUT2D eigenvalue weighted by atomic mass is 9.94. The van der Waals surface area contributed by atoms with Crippen LogP contribution in [0.3, 0.4) is 0 Å². The quantitative estimate of drug-likeness (QED) is 0.619. The minimum absolute atomic E-state index is 0.103. The molecule has 0 saturated carbocycles. The van der Waals surface area contributed by atoms with Crippen LogP contribution in [0.5, 0.6) is 0 Å². The second kappa shape index (κ2) is 4.22. The zero-order chi connectivity index (χ0) is 9.84. The van der Waals surface area contributed by atoms with E-state index >= 15 is 0 Å². The maximum atomic E-state index is 13.3. The van der Waals surface area contributed by atoms with E-state index in [2.05, 4.69) is 6.58 Å². The van der Waals surface area contributed by atoms with E-state index in [-0.39, 0.29) is 11.7 Å². The number of benzene rings is 1. The van der Waals surface area contributed by atoms with Crippen molar-refractivity contribution in [3.8, 4) is 0 Å². The Kier molecular flexibility index (Phi) is 3.24. The fraction of sp³-hybridized carbons (Fsp3) is 0.333. The molecular weight excluding hydrogens is 163 g/mol. The lowest BCUT2D eigenvalue weighted by molar-refractivity contribution is 0.607. The number of allylic oxidation sites excluding steroid dienone is 1. The van der Waals surface area contributed by atoms with Gasteiger partial charge in [0, 0.05) is 0 Å². The molecule has 0 fully saturated rings. The van der Waals surface area contributed by atoms with Crippen molar-refractivity contribution in [2.75, 3.05) is 0 Å². The van der Waals surface area contributed by atoms with Gasteiger partial charge in [0.05, 0.1) is 0 Å². The Bertz CT molecular complexity index is 302. The maximum absolute atomic E-state index is 13.3. The summed E-state index contributed by atoms with van der Waals surface area (Å²) in [5.74, 6) is 0.124. The SMILES string of the molecule is C=CC(C)c1cccc(F)c1CC. The van der Waals surface area contributed by atoms with Crippen molar-refractivity contribution in [2.24, 2.45) is 0 Å². The van der Waals surface area contributed by atoms with Crippen LogP contribution in [-0.4, -0.2) is 0 Å². The average molecular weight is 178 g/mol. The molecule has 0 aliphatic rings. The van der Waals surface area contributed by atoms with Gasteiger partial charge < -0.3 is 0 Å². The Morgan fingerprint density at radius 2 is 2.23 bits per heavy atom. The van der Waals surface area contributed by atoms with Gasteiger partial charge in [-0.2, -0.15) is 0 Å². The standard InChI is InChI=1S/C12H15F/c1-4-9(3)11-7-6-8-12(13)10(11)5-2/h4,6-9H,1,5H2,2-3H3. The largest absolute Gasteiger partial charge is 0.207 e. The maximum Gasteiger partial charge on any atom is 0.126 e. The fourth-order valence-corrected chi connectivity index (χ4v) is 1.50. The molecule has 0 amide bonds. The summed E-state index contributed by atoms with van der Waals surface area (Å²) >= 11 is 0. The molecule has 0 aliphatic heterocycles. The van der Waals surface area contributed by atoms with Gasteiger partial charge in [0.15, 0.2) is 0 Å². The van der Waals surface area contributed by atoms with Crippen molar-refractivity contribution in [2.45, 2.75) is 26.2 Å². The van der Waals surface area contributed by atoms with Gasteiger partial charge in [-0.25, -0.2) is 4.39 Å². The highest BCUT2D eigenvalue weighted by atomic mass is 19.1. The van der Waals surface area contributed by atoms with Gasteiger partial charge in [-0.05, 0) is 29.5 Å². The third-order valence-corrected chi connectivity index (χ3v) is 2.35. The van der Waals surface area contributed by atoms with E-state index in [1.165, 1.54) is 6.07 Å². The summed E-state index contributed by atoms with van der Waals surface area (Å²) in [6, 6.07) is 5.23. The molecule has 1 unspecified atom stereocenters. The molecule has 1 aromatic rings. The molecule has 0 nitrogen and oxygen atoms in total. The number of hydrogen-bond donors (Lipinski definition) is 0. The van der Waals surface area contributed by atoms with Crippen LogP contribution >= 0.6 is 0 Å². The van der Waals surface area contributed by atoms with Crippen molar-refractivity contribution in [3.05, 3.63) is 47.8 Å². The van der Waals surface area contributed by atoms with Crippen LogP contribution in [-0.2, 0) is 6.42 Å². The molecule has 0 aromatic heterocycles. The first-order valence-corrected chi connectivity index (χ1v) is 4.60. The van der Waals surface area contributed by atoms with Crippen LogP contribution < -0.4 is 0 Å². The molecule has 1 rings (SSSR count). The second-order valence-corrected chi connectivity index (χ2v) is 3.19. The van der Waals surface area contributed by atoms with E-state index < -0.39 is 0 Å². The fourth-order valence-electron chi connectivity index (χ4n) is 1.50. The summed E-state index contributed by atoms with van der Waals surface area (Å²) in [6.45, 7) is 7.72. The van der Waals surface area contributed by atoms with E-state index in [0.717, 1.165) is 17.5 Å². The topological polar surface area (TPSA) is 0 Å². The van der Waals surface area contributed by atoms with Crippen LogP contribution in [0.4, 0.5) is 4.39 Å². The van der Waals surface area contributed by atoms with Gasteiger partial charge in [0.1, 0.15) is 5.82 Å². The lowest BCUT2D eigenvalue weighted by Gasteiger charge is -2.12. The molecule has 0 radical (unpaired) electrons. The smallest absolute Gasteiger partial charge is 0.126 e. The second-order valence-electron chi connectivity index (χ2n) is 3.19. The Hall–Kier alpha value is -1.11. The predicted molar refractivity (Wildman–Crippen MR) is 54.4 cm³/mol. The lowest BCUT2D eigenvalue weighted by Crippen LogP contribution is -1.98. The third-order valence-electron chi connectivity index (χ3n) is 2.35. The number of halogens is 1. The van der Waals surface area contributed by atoms with E-state index in [1.807, 2.05) is 26.0 Å². The molecule has 1 aromatic carbocycles. The predicted octanol–water partition coefficient (Wildman–Crippen LogP) is 3.68. The van der Waals surface area contributed by atoms with Gasteiger partial charge in [-0.1, -0.05) is 32.1 Å². The molecule has 0 aliphatic carbocycles.